The van der Waals surface area contributed by atoms with Crippen LogP contribution in [0.1, 0.15) is 122 Å². The van der Waals surface area contributed by atoms with Gasteiger partial charge in [0.2, 0.25) is 0 Å². The van der Waals surface area contributed by atoms with Crippen molar-refractivity contribution in [1.29, 1.82) is 0 Å². The maximum absolute atomic E-state index is 11.8. The number of rotatable bonds is 21. The van der Waals surface area contributed by atoms with Gasteiger partial charge in [0.15, 0.2) is 0 Å². The number of hydrogen-bond donors (Lipinski definition) is 2. The zero-order valence-corrected chi connectivity index (χ0v) is 17.9. The summed E-state index contributed by atoms with van der Waals surface area (Å²) < 4.78 is 0. The highest BCUT2D eigenvalue weighted by Gasteiger charge is 2.18. The Kier molecular flexibility index (Phi) is 18.0. The molecule has 5 heteroatoms. The highest BCUT2D eigenvalue weighted by atomic mass is 16.4. The van der Waals surface area contributed by atoms with Crippen LogP contribution < -0.4 is 0 Å². The van der Waals surface area contributed by atoms with Crippen LogP contribution in [0.3, 0.4) is 0 Å². The van der Waals surface area contributed by atoms with Crippen LogP contribution in [-0.2, 0) is 14.4 Å². The third-order valence-electron chi connectivity index (χ3n) is 5.41. The maximum Gasteiger partial charge on any atom is 0.306 e. The van der Waals surface area contributed by atoms with Gasteiger partial charge in [-0.25, -0.2) is 0 Å². The minimum Gasteiger partial charge on any atom is -0.481 e. The molecule has 1 atom stereocenters. The Morgan fingerprint density at radius 1 is 0.607 bits per heavy atom. The maximum atomic E-state index is 11.8. The fourth-order valence-corrected chi connectivity index (χ4v) is 3.50. The van der Waals surface area contributed by atoms with Gasteiger partial charge in [-0.3, -0.25) is 14.4 Å². The fourth-order valence-electron chi connectivity index (χ4n) is 3.50. The van der Waals surface area contributed by atoms with Crippen LogP contribution >= 0.6 is 0 Å². The topological polar surface area (TPSA) is 91.7 Å². The van der Waals surface area contributed by atoms with E-state index in [0.29, 0.717) is 19.3 Å². The van der Waals surface area contributed by atoms with Crippen LogP contribution in [0.5, 0.6) is 0 Å². The minimum atomic E-state index is -0.855. The van der Waals surface area contributed by atoms with Crippen LogP contribution in [0.25, 0.3) is 0 Å². The molecule has 0 aliphatic rings. The molecule has 0 aliphatic heterocycles. The largest absolute Gasteiger partial charge is 0.481 e. The average Bonchev–Trinajstić information content (AvgIpc) is 2.65. The first-order chi connectivity index (χ1) is 13.5. The second-order valence-electron chi connectivity index (χ2n) is 8.03. The van der Waals surface area contributed by atoms with Gasteiger partial charge < -0.3 is 10.2 Å². The Morgan fingerprint density at radius 3 is 1.29 bits per heavy atom. The van der Waals surface area contributed by atoms with Crippen LogP contribution in [-0.4, -0.2) is 27.9 Å². The van der Waals surface area contributed by atoms with E-state index in [2.05, 4.69) is 0 Å². The molecule has 0 heterocycles. The minimum absolute atomic E-state index is 0.0936. The summed E-state index contributed by atoms with van der Waals surface area (Å²) in [6, 6.07) is 0. The Balaban J connectivity index is 3.26. The number of aliphatic carboxylic acids is 2. The molecule has 0 radical (unpaired) electrons. The molecular weight excluding hydrogens is 356 g/mol. The lowest BCUT2D eigenvalue weighted by molar-refractivity contribution is -0.144. The SMILES string of the molecule is CC[C@H](CC(=O)CCCCCCCCCCCCCCCCC(=O)O)C(=O)O. The number of carboxylic acid groups (broad SMARTS) is 2. The highest BCUT2D eigenvalue weighted by molar-refractivity contribution is 5.83. The molecule has 0 fully saturated rings. The third kappa shape index (κ3) is 18.0. The number of carbonyl (C=O) groups excluding carboxylic acids is 1. The molecule has 164 valence electrons. The van der Waals surface area contributed by atoms with Crippen molar-refractivity contribution in [2.24, 2.45) is 5.92 Å². The average molecular weight is 399 g/mol. The van der Waals surface area contributed by atoms with E-state index in [-0.39, 0.29) is 12.2 Å². The molecule has 0 bridgehead atoms. The van der Waals surface area contributed by atoms with Crippen LogP contribution in [0, 0.1) is 5.92 Å². The lowest BCUT2D eigenvalue weighted by Crippen LogP contribution is -2.17. The predicted octanol–water partition coefficient (Wildman–Crippen LogP) is 6.38. The van der Waals surface area contributed by atoms with Gasteiger partial charge in [0.05, 0.1) is 5.92 Å². The fraction of sp³-hybridized carbons (Fsp3) is 0.870. The molecule has 0 aromatic rings. The number of Topliss-reactive ketones (excluding diaryl/α,β-unsaturated/α-hetero) is 1. The summed E-state index contributed by atoms with van der Waals surface area (Å²) in [5.41, 5.74) is 0. The van der Waals surface area contributed by atoms with E-state index in [1.54, 1.807) is 0 Å². The summed E-state index contributed by atoms with van der Waals surface area (Å²) in [5.74, 6) is -1.96. The van der Waals surface area contributed by atoms with E-state index in [0.717, 1.165) is 32.1 Å². The Hall–Kier alpha value is -1.39. The molecule has 0 rings (SSSR count). The first-order valence-electron chi connectivity index (χ1n) is 11.4. The first kappa shape index (κ1) is 26.6. The molecular formula is C23H42O5. The van der Waals surface area contributed by atoms with Crippen LogP contribution in [0.4, 0.5) is 0 Å². The van der Waals surface area contributed by atoms with Crippen molar-refractivity contribution in [3.05, 3.63) is 0 Å². The smallest absolute Gasteiger partial charge is 0.306 e. The molecule has 0 spiro atoms. The molecule has 0 amide bonds. The molecule has 0 aliphatic carbocycles. The third-order valence-corrected chi connectivity index (χ3v) is 5.41. The number of hydrogen-bond acceptors (Lipinski definition) is 3. The van der Waals surface area contributed by atoms with Crippen molar-refractivity contribution in [2.45, 2.75) is 122 Å². The van der Waals surface area contributed by atoms with Gasteiger partial charge in [-0.05, 0) is 19.3 Å². The van der Waals surface area contributed by atoms with E-state index >= 15 is 0 Å². The van der Waals surface area contributed by atoms with E-state index in [1.807, 2.05) is 6.92 Å². The van der Waals surface area contributed by atoms with E-state index in [9.17, 15) is 14.4 Å². The summed E-state index contributed by atoms with van der Waals surface area (Å²) >= 11 is 0. The number of unbranched alkanes of at least 4 members (excludes halogenated alkanes) is 13. The molecule has 2 N–H and O–H groups in total. The molecule has 0 aromatic heterocycles. The highest BCUT2D eigenvalue weighted by Crippen LogP contribution is 2.15. The summed E-state index contributed by atoms with van der Waals surface area (Å²) in [5, 5.41) is 17.5. The zero-order chi connectivity index (χ0) is 21.0. The molecule has 0 saturated carbocycles. The van der Waals surface area contributed by atoms with Gasteiger partial charge in [0.1, 0.15) is 5.78 Å². The van der Waals surface area contributed by atoms with Crippen molar-refractivity contribution in [1.82, 2.24) is 0 Å². The summed E-state index contributed by atoms with van der Waals surface area (Å²) in [6.45, 7) is 1.82. The van der Waals surface area contributed by atoms with Crippen molar-refractivity contribution >= 4 is 17.7 Å². The first-order valence-corrected chi connectivity index (χ1v) is 11.4. The van der Waals surface area contributed by atoms with Gasteiger partial charge in [-0.1, -0.05) is 84.0 Å². The Labute approximate surface area is 171 Å². The van der Waals surface area contributed by atoms with Gasteiger partial charge in [-0.2, -0.15) is 0 Å². The summed E-state index contributed by atoms with van der Waals surface area (Å²) in [6.07, 6.45) is 17.8. The van der Waals surface area contributed by atoms with Gasteiger partial charge in [-0.15, -0.1) is 0 Å². The normalized spacial score (nSPS) is 12.0. The van der Waals surface area contributed by atoms with E-state index in [4.69, 9.17) is 10.2 Å². The standard InChI is InChI=1S/C23H42O5/c1-2-20(23(27)28)19-21(24)17-15-13-11-9-7-5-3-4-6-8-10-12-14-16-18-22(25)26/h20H,2-19H2,1H3,(H,25,26)(H,27,28)/t20-/m1/s1. The quantitative estimate of drug-likeness (QED) is 0.219. The summed E-state index contributed by atoms with van der Waals surface area (Å²) in [7, 11) is 0. The number of ketones is 1. The Bertz CT molecular complexity index is 419. The number of carboxylic acids is 2. The monoisotopic (exact) mass is 398 g/mol. The van der Waals surface area contributed by atoms with Crippen LogP contribution in [0.15, 0.2) is 0 Å². The molecule has 0 aromatic carbocycles. The Morgan fingerprint density at radius 2 is 0.964 bits per heavy atom. The van der Waals surface area contributed by atoms with Gasteiger partial charge in [0, 0.05) is 19.3 Å². The second kappa shape index (κ2) is 18.9. The summed E-state index contributed by atoms with van der Waals surface area (Å²) in [4.78, 5) is 33.1. The predicted molar refractivity (Wildman–Crippen MR) is 113 cm³/mol. The molecule has 0 saturated heterocycles. The zero-order valence-electron chi connectivity index (χ0n) is 17.9. The molecule has 5 nitrogen and oxygen atoms in total. The van der Waals surface area contributed by atoms with E-state index < -0.39 is 17.9 Å². The molecule has 0 unspecified atom stereocenters. The second-order valence-corrected chi connectivity index (χ2v) is 8.03. The van der Waals surface area contributed by atoms with Crippen molar-refractivity contribution in [3.63, 3.8) is 0 Å². The van der Waals surface area contributed by atoms with Gasteiger partial charge in [0.25, 0.3) is 0 Å². The van der Waals surface area contributed by atoms with Crippen molar-refractivity contribution in [2.75, 3.05) is 0 Å². The van der Waals surface area contributed by atoms with Crippen LogP contribution in [0.2, 0.25) is 0 Å². The van der Waals surface area contributed by atoms with Crippen molar-refractivity contribution in [3.8, 4) is 0 Å². The van der Waals surface area contributed by atoms with E-state index in [1.165, 1.54) is 57.8 Å². The lowest BCUT2D eigenvalue weighted by Gasteiger charge is -2.08. The lowest BCUT2D eigenvalue weighted by atomic mass is 9.97. The van der Waals surface area contributed by atoms with Gasteiger partial charge >= 0.3 is 11.9 Å². The molecule has 28 heavy (non-hydrogen) atoms. The number of carbonyl (C=O) groups is 3. The van der Waals surface area contributed by atoms with Crippen molar-refractivity contribution < 1.29 is 24.6 Å².